The van der Waals surface area contributed by atoms with Crippen LogP contribution >= 0.6 is 11.8 Å². The van der Waals surface area contributed by atoms with Crippen molar-refractivity contribution in [3.05, 3.63) is 48.0 Å². The lowest BCUT2D eigenvalue weighted by Gasteiger charge is -2.23. The van der Waals surface area contributed by atoms with E-state index in [4.69, 9.17) is 0 Å². The maximum atomic E-state index is 12.4. The van der Waals surface area contributed by atoms with Crippen LogP contribution in [-0.4, -0.2) is 31.9 Å². The zero-order valence-electron chi connectivity index (χ0n) is 15.8. The van der Waals surface area contributed by atoms with Gasteiger partial charge in [-0.2, -0.15) is 0 Å². The summed E-state index contributed by atoms with van der Waals surface area (Å²) in [5.41, 5.74) is 2.42. The van der Waals surface area contributed by atoms with Crippen molar-refractivity contribution in [3.63, 3.8) is 0 Å². The topological polar surface area (TPSA) is 72.7 Å². The first-order valence-electron chi connectivity index (χ1n) is 8.81. The molecule has 1 amide bonds. The highest BCUT2D eigenvalue weighted by atomic mass is 32.2. The number of aromatic nitrogens is 4. The van der Waals surface area contributed by atoms with Crippen molar-refractivity contribution in [2.24, 2.45) is 5.92 Å². The number of carbonyl (C=O) groups excluding carboxylic acids is 1. The molecule has 1 heterocycles. The Bertz CT molecular complexity index is 724. The Balaban J connectivity index is 1.99. The number of carbonyl (C=O) groups is 1. The molecule has 0 spiro atoms. The Morgan fingerprint density at radius 2 is 1.88 bits per heavy atom. The molecular weight excluding hydrogens is 346 g/mol. The van der Waals surface area contributed by atoms with Gasteiger partial charge >= 0.3 is 0 Å². The van der Waals surface area contributed by atoms with Crippen LogP contribution in [0.15, 0.2) is 42.1 Å². The van der Waals surface area contributed by atoms with E-state index in [9.17, 15) is 4.79 Å². The molecule has 1 N–H and O–H groups in total. The molecule has 1 aromatic heterocycles. The van der Waals surface area contributed by atoms with Crippen molar-refractivity contribution in [1.29, 1.82) is 0 Å². The molecule has 2 rings (SSSR count). The van der Waals surface area contributed by atoms with E-state index < -0.39 is 0 Å². The quantitative estimate of drug-likeness (QED) is 0.537. The van der Waals surface area contributed by atoms with Gasteiger partial charge in [0, 0.05) is 0 Å². The van der Waals surface area contributed by atoms with Crippen molar-refractivity contribution < 1.29 is 4.79 Å². The molecular formula is C19H27N5OS. The number of amides is 1. The number of nitrogens with one attached hydrogen (secondary N) is 1. The van der Waals surface area contributed by atoms with Crippen LogP contribution < -0.4 is 5.32 Å². The summed E-state index contributed by atoms with van der Waals surface area (Å²) in [4.78, 5) is 12.4. The van der Waals surface area contributed by atoms with Gasteiger partial charge in [-0.3, -0.25) is 4.79 Å². The highest BCUT2D eigenvalue weighted by Gasteiger charge is 2.19. The maximum Gasteiger partial charge on any atom is 0.230 e. The van der Waals surface area contributed by atoms with Crippen molar-refractivity contribution in [3.8, 4) is 0 Å². The van der Waals surface area contributed by atoms with Crippen LogP contribution in [0.3, 0.4) is 0 Å². The van der Waals surface area contributed by atoms with E-state index in [-0.39, 0.29) is 17.7 Å². The molecule has 0 fully saturated rings. The Labute approximate surface area is 159 Å². The van der Waals surface area contributed by atoms with Gasteiger partial charge in [-0.1, -0.05) is 69.8 Å². The Morgan fingerprint density at radius 1 is 1.23 bits per heavy atom. The summed E-state index contributed by atoms with van der Waals surface area (Å²) < 4.78 is 1.62. The first-order valence-corrected chi connectivity index (χ1v) is 9.80. The average molecular weight is 374 g/mol. The number of allylic oxidation sites excluding steroid dienone is 1. The second kappa shape index (κ2) is 9.52. The summed E-state index contributed by atoms with van der Waals surface area (Å²) in [5.74, 6) is 1.02. The number of benzene rings is 1. The van der Waals surface area contributed by atoms with E-state index in [0.29, 0.717) is 23.5 Å². The average Bonchev–Trinajstić information content (AvgIpc) is 3.05. The van der Waals surface area contributed by atoms with Crippen LogP contribution in [-0.2, 0) is 11.3 Å². The van der Waals surface area contributed by atoms with Gasteiger partial charge in [-0.05, 0) is 33.4 Å². The van der Waals surface area contributed by atoms with Crippen LogP contribution in [0.5, 0.6) is 0 Å². The Hall–Kier alpha value is -2.15. The third kappa shape index (κ3) is 5.42. The second-order valence-corrected chi connectivity index (χ2v) is 7.77. The second-order valence-electron chi connectivity index (χ2n) is 6.83. The fourth-order valence-electron chi connectivity index (χ4n) is 2.61. The van der Waals surface area contributed by atoms with Gasteiger partial charge in [-0.15, -0.1) is 11.7 Å². The summed E-state index contributed by atoms with van der Waals surface area (Å²) in [6.45, 7) is 12.8. The SMILES string of the molecule is C=CCn1nnnc1SCC(=O)NC(c1ccc(C(C)C)cc1)C(C)C. The summed E-state index contributed by atoms with van der Waals surface area (Å²) in [6.07, 6.45) is 1.72. The molecule has 140 valence electrons. The van der Waals surface area contributed by atoms with E-state index in [1.54, 1.807) is 10.8 Å². The van der Waals surface area contributed by atoms with Gasteiger partial charge in [-0.25, -0.2) is 4.68 Å². The van der Waals surface area contributed by atoms with Gasteiger partial charge in [0.2, 0.25) is 11.1 Å². The van der Waals surface area contributed by atoms with E-state index >= 15 is 0 Å². The van der Waals surface area contributed by atoms with E-state index in [1.165, 1.54) is 17.3 Å². The third-order valence-corrected chi connectivity index (χ3v) is 5.04. The largest absolute Gasteiger partial charge is 0.348 e. The highest BCUT2D eigenvalue weighted by Crippen LogP contribution is 2.24. The maximum absolute atomic E-state index is 12.4. The number of hydrogen-bond donors (Lipinski definition) is 1. The molecule has 6 nitrogen and oxygen atoms in total. The molecule has 26 heavy (non-hydrogen) atoms. The number of rotatable bonds is 9. The van der Waals surface area contributed by atoms with Crippen LogP contribution in [0, 0.1) is 5.92 Å². The van der Waals surface area contributed by atoms with Gasteiger partial charge in [0.15, 0.2) is 0 Å². The molecule has 0 saturated carbocycles. The smallest absolute Gasteiger partial charge is 0.230 e. The Kier molecular flexibility index (Phi) is 7.38. The first-order chi connectivity index (χ1) is 12.4. The van der Waals surface area contributed by atoms with Crippen molar-refractivity contribution in [2.45, 2.75) is 51.4 Å². The normalized spacial score (nSPS) is 12.4. The highest BCUT2D eigenvalue weighted by molar-refractivity contribution is 7.99. The zero-order chi connectivity index (χ0) is 19.1. The van der Waals surface area contributed by atoms with E-state index in [0.717, 1.165) is 5.56 Å². The lowest BCUT2D eigenvalue weighted by atomic mass is 9.93. The molecule has 1 atom stereocenters. The molecule has 0 radical (unpaired) electrons. The number of hydrogen-bond acceptors (Lipinski definition) is 5. The standard InChI is InChI=1S/C19H27N5OS/c1-6-11-24-19(21-22-23-24)26-12-17(25)20-18(14(4)5)16-9-7-15(8-10-16)13(2)3/h6-10,13-14,18H,1,11-12H2,2-5H3,(H,20,25). The summed E-state index contributed by atoms with van der Waals surface area (Å²) in [5, 5.41) is 15.2. The molecule has 0 aliphatic carbocycles. The van der Waals surface area contributed by atoms with Crippen molar-refractivity contribution in [2.75, 3.05) is 5.75 Å². The minimum atomic E-state index is -0.0326. The summed E-state index contributed by atoms with van der Waals surface area (Å²) in [7, 11) is 0. The van der Waals surface area contributed by atoms with Gasteiger partial charge in [0.25, 0.3) is 0 Å². The first kappa shape index (κ1) is 20.2. The zero-order valence-corrected chi connectivity index (χ0v) is 16.7. The number of tetrazole rings is 1. The van der Waals surface area contributed by atoms with Crippen molar-refractivity contribution in [1.82, 2.24) is 25.5 Å². The van der Waals surface area contributed by atoms with Gasteiger partial charge in [0.1, 0.15) is 0 Å². The van der Waals surface area contributed by atoms with Crippen LogP contribution in [0.1, 0.15) is 50.8 Å². The predicted molar refractivity (Wildman–Crippen MR) is 105 cm³/mol. The van der Waals surface area contributed by atoms with Gasteiger partial charge in [0.05, 0.1) is 18.3 Å². The molecule has 2 aromatic rings. The van der Waals surface area contributed by atoms with Gasteiger partial charge < -0.3 is 5.32 Å². The molecule has 0 aliphatic rings. The van der Waals surface area contributed by atoms with E-state index in [2.05, 4.69) is 79.4 Å². The number of nitrogens with zero attached hydrogens (tertiary/aromatic N) is 4. The van der Waals surface area contributed by atoms with Crippen LogP contribution in [0.4, 0.5) is 0 Å². The summed E-state index contributed by atoms with van der Waals surface area (Å²) in [6, 6.07) is 8.48. The van der Waals surface area contributed by atoms with E-state index in [1.807, 2.05) is 0 Å². The lowest BCUT2D eigenvalue weighted by Crippen LogP contribution is -2.33. The van der Waals surface area contributed by atoms with Crippen LogP contribution in [0.2, 0.25) is 0 Å². The molecule has 7 heteroatoms. The van der Waals surface area contributed by atoms with Crippen LogP contribution in [0.25, 0.3) is 0 Å². The Morgan fingerprint density at radius 3 is 2.46 bits per heavy atom. The minimum Gasteiger partial charge on any atom is -0.348 e. The molecule has 1 unspecified atom stereocenters. The molecule has 0 saturated heterocycles. The number of thioether (sulfide) groups is 1. The third-order valence-electron chi connectivity index (χ3n) is 4.08. The predicted octanol–water partition coefficient (Wildman–Crippen LogP) is 3.59. The molecule has 0 bridgehead atoms. The monoisotopic (exact) mass is 373 g/mol. The fourth-order valence-corrected chi connectivity index (χ4v) is 3.30. The molecule has 1 aromatic carbocycles. The van der Waals surface area contributed by atoms with Crippen molar-refractivity contribution >= 4 is 17.7 Å². The molecule has 0 aliphatic heterocycles. The summed E-state index contributed by atoms with van der Waals surface area (Å²) >= 11 is 1.32. The minimum absolute atomic E-state index is 0.0199. The lowest BCUT2D eigenvalue weighted by molar-refractivity contribution is -0.119. The fraction of sp³-hybridized carbons (Fsp3) is 0.474.